The Hall–Kier alpha value is -1.66. The Morgan fingerprint density at radius 2 is 2.10 bits per heavy atom. The summed E-state index contributed by atoms with van der Waals surface area (Å²) in [5.74, 6) is -0.918. The van der Waals surface area contributed by atoms with Gasteiger partial charge in [0.05, 0.1) is 11.5 Å². The Bertz CT molecular complexity index is 544. The number of carboxylic acid groups (broad SMARTS) is 1. The molecule has 1 aliphatic carbocycles. The van der Waals surface area contributed by atoms with Crippen molar-refractivity contribution in [1.29, 1.82) is 0 Å². The van der Waals surface area contributed by atoms with Crippen LogP contribution < -0.4 is 0 Å². The van der Waals surface area contributed by atoms with Crippen LogP contribution in [0.3, 0.4) is 0 Å². The molecule has 114 valence electrons. The van der Waals surface area contributed by atoms with E-state index in [1.807, 2.05) is 4.90 Å². The summed E-state index contributed by atoms with van der Waals surface area (Å²) in [6.07, 6.45) is 4.02. The molecule has 0 unspecified atom stereocenters. The summed E-state index contributed by atoms with van der Waals surface area (Å²) in [5.41, 5.74) is 0.438. The molecule has 1 aliphatic rings. The van der Waals surface area contributed by atoms with Gasteiger partial charge in [-0.15, -0.1) is 0 Å². The van der Waals surface area contributed by atoms with E-state index in [9.17, 15) is 14.9 Å². The number of carbonyl (C=O) groups is 1. The molecule has 0 heterocycles. The SMILES string of the molecule is O=C(O)CN(Cc1ccc(Cl)cc1[N+](=O)[O-])C1CCCC1. The van der Waals surface area contributed by atoms with Crippen LogP contribution in [-0.4, -0.2) is 33.5 Å². The smallest absolute Gasteiger partial charge is 0.317 e. The summed E-state index contributed by atoms with van der Waals surface area (Å²) in [7, 11) is 0. The number of nitro benzene ring substituents is 1. The van der Waals surface area contributed by atoms with E-state index in [1.54, 1.807) is 12.1 Å². The fourth-order valence-corrected chi connectivity index (χ4v) is 2.98. The Morgan fingerprint density at radius 3 is 2.67 bits per heavy atom. The molecule has 1 N–H and O–H groups in total. The summed E-state index contributed by atoms with van der Waals surface area (Å²) in [4.78, 5) is 23.5. The van der Waals surface area contributed by atoms with Gasteiger partial charge in [0.1, 0.15) is 0 Å². The molecule has 0 radical (unpaired) electrons. The van der Waals surface area contributed by atoms with E-state index in [4.69, 9.17) is 16.7 Å². The zero-order valence-electron chi connectivity index (χ0n) is 11.5. The van der Waals surface area contributed by atoms with Gasteiger partial charge >= 0.3 is 5.97 Å². The Labute approximate surface area is 127 Å². The summed E-state index contributed by atoms with van der Waals surface area (Å²) in [5, 5.41) is 20.5. The first-order valence-corrected chi connectivity index (χ1v) is 7.24. The van der Waals surface area contributed by atoms with Gasteiger partial charge in [-0.2, -0.15) is 0 Å². The highest BCUT2D eigenvalue weighted by Crippen LogP contribution is 2.28. The van der Waals surface area contributed by atoms with Crippen LogP contribution in [0.5, 0.6) is 0 Å². The lowest BCUT2D eigenvalue weighted by molar-refractivity contribution is -0.385. The second kappa shape index (κ2) is 6.87. The van der Waals surface area contributed by atoms with Gasteiger partial charge in [0.15, 0.2) is 0 Å². The molecule has 1 saturated carbocycles. The Kier molecular flexibility index (Phi) is 5.14. The molecular weight excluding hydrogens is 296 g/mol. The average molecular weight is 313 g/mol. The highest BCUT2D eigenvalue weighted by atomic mass is 35.5. The lowest BCUT2D eigenvalue weighted by Crippen LogP contribution is -2.37. The van der Waals surface area contributed by atoms with Crippen molar-refractivity contribution in [2.24, 2.45) is 0 Å². The highest BCUT2D eigenvalue weighted by Gasteiger charge is 2.26. The predicted molar refractivity (Wildman–Crippen MR) is 78.4 cm³/mol. The van der Waals surface area contributed by atoms with E-state index in [1.165, 1.54) is 6.07 Å². The van der Waals surface area contributed by atoms with Crippen LogP contribution in [0, 0.1) is 10.1 Å². The fraction of sp³-hybridized carbons (Fsp3) is 0.500. The van der Waals surface area contributed by atoms with Crippen molar-refractivity contribution in [3.05, 3.63) is 38.9 Å². The number of nitrogens with zero attached hydrogens (tertiary/aromatic N) is 2. The van der Waals surface area contributed by atoms with Crippen LogP contribution in [-0.2, 0) is 11.3 Å². The van der Waals surface area contributed by atoms with Crippen molar-refractivity contribution in [2.45, 2.75) is 38.3 Å². The van der Waals surface area contributed by atoms with E-state index in [0.717, 1.165) is 25.7 Å². The monoisotopic (exact) mass is 312 g/mol. The number of benzene rings is 1. The number of hydrogen-bond donors (Lipinski definition) is 1. The van der Waals surface area contributed by atoms with E-state index in [2.05, 4.69) is 0 Å². The number of halogens is 1. The summed E-state index contributed by atoms with van der Waals surface area (Å²) in [6.45, 7) is 0.148. The van der Waals surface area contributed by atoms with Gasteiger partial charge in [-0.05, 0) is 25.0 Å². The lowest BCUT2D eigenvalue weighted by atomic mass is 10.1. The minimum absolute atomic E-state index is 0.0594. The molecular formula is C14H17ClN2O4. The van der Waals surface area contributed by atoms with E-state index >= 15 is 0 Å². The third-order valence-corrected chi connectivity index (χ3v) is 4.03. The molecule has 0 saturated heterocycles. The highest BCUT2D eigenvalue weighted by molar-refractivity contribution is 6.30. The van der Waals surface area contributed by atoms with Crippen molar-refractivity contribution < 1.29 is 14.8 Å². The molecule has 21 heavy (non-hydrogen) atoms. The van der Waals surface area contributed by atoms with Gasteiger partial charge in [-0.1, -0.05) is 24.4 Å². The van der Waals surface area contributed by atoms with E-state index < -0.39 is 10.9 Å². The average Bonchev–Trinajstić information content (AvgIpc) is 2.93. The van der Waals surface area contributed by atoms with Gasteiger partial charge in [0.25, 0.3) is 5.69 Å². The summed E-state index contributed by atoms with van der Waals surface area (Å²) < 4.78 is 0. The maximum Gasteiger partial charge on any atom is 0.317 e. The van der Waals surface area contributed by atoms with Gasteiger partial charge in [-0.3, -0.25) is 19.8 Å². The van der Waals surface area contributed by atoms with E-state index in [-0.39, 0.29) is 24.8 Å². The molecule has 0 spiro atoms. The molecule has 0 bridgehead atoms. The normalized spacial score (nSPS) is 15.5. The molecule has 1 aromatic rings. The number of nitro groups is 1. The maximum absolute atomic E-state index is 11.1. The first-order chi connectivity index (χ1) is 9.97. The predicted octanol–water partition coefficient (Wildman–Crippen LogP) is 3.08. The van der Waals surface area contributed by atoms with Crippen LogP contribution in [0.1, 0.15) is 31.2 Å². The molecule has 0 amide bonds. The number of aliphatic carboxylic acids is 1. The molecule has 2 rings (SSSR count). The molecule has 0 atom stereocenters. The van der Waals surface area contributed by atoms with Crippen molar-refractivity contribution in [1.82, 2.24) is 4.90 Å². The maximum atomic E-state index is 11.1. The molecule has 7 heteroatoms. The lowest BCUT2D eigenvalue weighted by Gasteiger charge is -2.27. The minimum atomic E-state index is -0.918. The molecule has 6 nitrogen and oxygen atoms in total. The first-order valence-electron chi connectivity index (χ1n) is 6.86. The standard InChI is InChI=1S/C14H17ClN2O4/c15-11-6-5-10(13(7-11)17(20)21)8-16(9-14(18)19)12-3-1-2-4-12/h5-7,12H,1-4,8-9H2,(H,18,19). The van der Waals surface area contributed by atoms with E-state index in [0.29, 0.717) is 10.6 Å². The van der Waals surface area contributed by atoms with Crippen molar-refractivity contribution in [3.63, 3.8) is 0 Å². The van der Waals surface area contributed by atoms with Crippen LogP contribution in [0.4, 0.5) is 5.69 Å². The van der Waals surface area contributed by atoms with Gasteiger partial charge in [0, 0.05) is 29.2 Å². The number of rotatable bonds is 6. The number of hydrogen-bond acceptors (Lipinski definition) is 4. The molecule has 1 fully saturated rings. The van der Waals surface area contributed by atoms with Gasteiger partial charge < -0.3 is 5.11 Å². The second-order valence-electron chi connectivity index (χ2n) is 5.27. The van der Waals surface area contributed by atoms with Crippen molar-refractivity contribution in [2.75, 3.05) is 6.54 Å². The molecule has 0 aliphatic heterocycles. The number of carboxylic acids is 1. The van der Waals surface area contributed by atoms with Gasteiger partial charge in [0.2, 0.25) is 0 Å². The second-order valence-corrected chi connectivity index (χ2v) is 5.70. The molecule has 0 aromatic heterocycles. The fourth-order valence-electron chi connectivity index (χ4n) is 2.82. The topological polar surface area (TPSA) is 83.7 Å². The summed E-state index contributed by atoms with van der Waals surface area (Å²) in [6, 6.07) is 4.68. The Morgan fingerprint density at radius 1 is 1.43 bits per heavy atom. The van der Waals surface area contributed by atoms with Crippen LogP contribution in [0.2, 0.25) is 5.02 Å². The van der Waals surface area contributed by atoms with Crippen LogP contribution in [0.25, 0.3) is 0 Å². The largest absolute Gasteiger partial charge is 0.480 e. The third-order valence-electron chi connectivity index (χ3n) is 3.80. The zero-order valence-corrected chi connectivity index (χ0v) is 12.3. The first kappa shape index (κ1) is 15.7. The summed E-state index contributed by atoms with van der Waals surface area (Å²) >= 11 is 5.80. The minimum Gasteiger partial charge on any atom is -0.480 e. The quantitative estimate of drug-likeness (QED) is 0.644. The zero-order chi connectivity index (χ0) is 15.4. The molecule has 1 aromatic carbocycles. The Balaban J connectivity index is 2.23. The van der Waals surface area contributed by atoms with Crippen molar-refractivity contribution >= 4 is 23.3 Å². The third kappa shape index (κ3) is 4.15. The van der Waals surface area contributed by atoms with Crippen molar-refractivity contribution in [3.8, 4) is 0 Å². The van der Waals surface area contributed by atoms with Gasteiger partial charge in [-0.25, -0.2) is 0 Å². The van der Waals surface area contributed by atoms with Crippen LogP contribution in [0.15, 0.2) is 18.2 Å². The van der Waals surface area contributed by atoms with Crippen LogP contribution >= 0.6 is 11.6 Å².